The Morgan fingerprint density at radius 1 is 0.588 bits per heavy atom. The van der Waals surface area contributed by atoms with Crippen molar-refractivity contribution in [3.8, 4) is 0 Å². The molecule has 6 rings (SSSR count). The van der Waals surface area contributed by atoms with Gasteiger partial charge in [-0.25, -0.2) is 0 Å². The number of guanidine groups is 1. The summed E-state index contributed by atoms with van der Waals surface area (Å²) in [5.41, 5.74) is 31.8. The number of aromatic nitrogens is 1. The van der Waals surface area contributed by atoms with Crippen LogP contribution in [-0.2, 0) is 86.4 Å². The Morgan fingerprint density at radius 3 is 1.86 bits per heavy atom. The second-order valence-corrected chi connectivity index (χ2v) is 30.3. The van der Waals surface area contributed by atoms with Crippen molar-refractivity contribution in [2.45, 2.75) is 223 Å². The molecule has 624 valence electrons. The lowest BCUT2D eigenvalue weighted by atomic mass is 10.00. The van der Waals surface area contributed by atoms with Crippen molar-refractivity contribution < 1.29 is 72.2 Å². The molecule has 0 saturated carbocycles. The van der Waals surface area contributed by atoms with E-state index in [-0.39, 0.29) is 134 Å². The highest BCUT2D eigenvalue weighted by atomic mass is 16.3. The number of amides is 14. The van der Waals surface area contributed by atoms with Crippen molar-refractivity contribution in [3.63, 3.8) is 0 Å². The molecule has 2 fully saturated rings. The summed E-state index contributed by atoms with van der Waals surface area (Å²) in [5.74, 6) is -12.8. The summed E-state index contributed by atoms with van der Waals surface area (Å²) >= 11 is 0. The number of primary amides is 1. The molecule has 35 heteroatoms. The number of rotatable bonds is 30. The van der Waals surface area contributed by atoms with Crippen molar-refractivity contribution >= 4 is 99.6 Å². The number of carbonyl (C=O) groups is 14. The minimum absolute atomic E-state index is 0.00738. The Balaban J connectivity index is 1.37. The van der Waals surface area contributed by atoms with Crippen molar-refractivity contribution in [3.05, 3.63) is 108 Å². The number of fused-ring (bicyclic) bond motifs is 1. The second-order valence-electron chi connectivity index (χ2n) is 30.3. The number of likely N-dealkylation sites (tertiary alicyclic amines) is 1. The van der Waals surface area contributed by atoms with Gasteiger partial charge in [0.2, 0.25) is 82.7 Å². The summed E-state index contributed by atoms with van der Waals surface area (Å²) in [5, 5.41) is 43.8. The lowest BCUT2D eigenvalue weighted by molar-refractivity contribution is -0.143. The van der Waals surface area contributed by atoms with Crippen LogP contribution in [0.1, 0.15) is 148 Å². The second kappa shape index (κ2) is 46.8. The molecule has 2 aliphatic heterocycles. The molecule has 3 heterocycles. The van der Waals surface area contributed by atoms with E-state index in [4.69, 9.17) is 28.7 Å². The SMILES string of the molecule is CC(C)C[C@H](NC(=O)[C@@H]1CCC(=O)NCCCC[C@H](NC(=O)[C@H](Cc2c[nH]c3ccccc23)NC(=O)[C@@H]2CCCN2C(=O)[C@@H](NC(=O)[C@@H](N)Cc2ccccc2)C(C)C)C(=O)N[C@@H](CO)C(=O)N[C@@H](CCCCN)C(=O)N[C@@H](Cc2ccccc2)C(=O)N[C@H](CC(C)C)C(=O)NCC(=O)N[C@@H](CCCN=C(N)N)C(=O)N1)C(N)=O. The van der Waals surface area contributed by atoms with E-state index in [1.165, 1.54) is 4.90 Å². The minimum atomic E-state index is -1.82. The van der Waals surface area contributed by atoms with Gasteiger partial charge in [-0.3, -0.25) is 72.1 Å². The topological polar surface area (TPSA) is 565 Å². The van der Waals surface area contributed by atoms with Crippen LogP contribution in [-0.4, -0.2) is 215 Å². The zero-order valence-electron chi connectivity index (χ0n) is 66.0. The number of aromatic amines is 1. The molecule has 1 aromatic heterocycles. The Bertz CT molecular complexity index is 3930. The molecule has 0 aliphatic carbocycles. The summed E-state index contributed by atoms with van der Waals surface area (Å²) in [6.45, 7) is 9.03. The molecule has 0 unspecified atom stereocenters. The maximum Gasteiger partial charge on any atom is 0.246 e. The van der Waals surface area contributed by atoms with E-state index < -0.39 is 181 Å². The fourth-order valence-electron chi connectivity index (χ4n) is 13.5. The third-order valence-corrected chi connectivity index (χ3v) is 19.6. The fourth-order valence-corrected chi connectivity index (χ4v) is 13.5. The number of nitrogens with two attached hydrogens (primary N) is 5. The van der Waals surface area contributed by atoms with Gasteiger partial charge >= 0.3 is 0 Å². The largest absolute Gasteiger partial charge is 0.394 e. The number of aliphatic hydroxyl groups is 1. The van der Waals surface area contributed by atoms with Gasteiger partial charge in [-0.2, -0.15) is 0 Å². The first-order valence-electron chi connectivity index (χ1n) is 39.3. The highest BCUT2D eigenvalue weighted by Gasteiger charge is 2.42. The number of para-hydroxylation sites is 1. The number of H-pyrrole nitrogens is 1. The number of benzene rings is 3. The molecule has 24 N–H and O–H groups in total. The number of nitrogens with zero attached hydrogens (tertiary/aromatic N) is 2. The van der Waals surface area contributed by atoms with Crippen LogP contribution < -0.4 is 92.5 Å². The summed E-state index contributed by atoms with van der Waals surface area (Å²) in [4.78, 5) is 209. The normalized spacial score (nSPS) is 21.5. The average molecular weight is 1590 g/mol. The highest BCUT2D eigenvalue weighted by molar-refractivity contribution is 6.00. The van der Waals surface area contributed by atoms with Gasteiger partial charge in [0.25, 0.3) is 0 Å². The first kappa shape index (κ1) is 91.8. The lowest BCUT2D eigenvalue weighted by Gasteiger charge is -2.32. The quantitative estimate of drug-likeness (QED) is 0.0152. The Morgan fingerprint density at radius 2 is 1.20 bits per heavy atom. The monoisotopic (exact) mass is 1590 g/mol. The van der Waals surface area contributed by atoms with Crippen molar-refractivity contribution in [2.24, 2.45) is 51.4 Å². The van der Waals surface area contributed by atoms with Crippen LogP contribution in [0.25, 0.3) is 10.9 Å². The van der Waals surface area contributed by atoms with E-state index in [0.717, 1.165) is 5.56 Å². The average Bonchev–Trinajstić information content (AvgIpc) is 1.63. The van der Waals surface area contributed by atoms with E-state index in [1.807, 2.05) is 36.4 Å². The predicted molar refractivity (Wildman–Crippen MR) is 426 cm³/mol. The smallest absolute Gasteiger partial charge is 0.246 e. The summed E-state index contributed by atoms with van der Waals surface area (Å²) in [6, 6.07) is 8.27. The van der Waals surface area contributed by atoms with Crippen LogP contribution in [0.5, 0.6) is 0 Å². The van der Waals surface area contributed by atoms with E-state index in [2.05, 4.69) is 73.8 Å². The zero-order valence-corrected chi connectivity index (χ0v) is 66.0. The molecule has 0 bridgehead atoms. The molecule has 4 aromatic rings. The molecule has 0 spiro atoms. The van der Waals surface area contributed by atoms with E-state index in [0.29, 0.717) is 34.9 Å². The van der Waals surface area contributed by atoms with Gasteiger partial charge in [0, 0.05) is 56.0 Å². The number of carbonyl (C=O) groups excluding carboxylic acids is 14. The van der Waals surface area contributed by atoms with E-state index in [1.54, 1.807) is 96.3 Å². The van der Waals surface area contributed by atoms with Crippen LogP contribution in [0.3, 0.4) is 0 Å². The van der Waals surface area contributed by atoms with Crippen LogP contribution in [0, 0.1) is 17.8 Å². The van der Waals surface area contributed by atoms with Crippen LogP contribution in [0.4, 0.5) is 0 Å². The lowest BCUT2D eigenvalue weighted by Crippen LogP contribution is -2.61. The third kappa shape index (κ3) is 30.1. The molecule has 114 heavy (non-hydrogen) atoms. The molecule has 2 aliphatic rings. The van der Waals surface area contributed by atoms with Gasteiger partial charge in [0.05, 0.1) is 19.2 Å². The van der Waals surface area contributed by atoms with Crippen molar-refractivity contribution in [2.75, 3.05) is 39.3 Å². The number of unbranched alkanes of at least 4 members (excludes halogenated alkanes) is 1. The number of hydrogen-bond acceptors (Lipinski definition) is 18. The summed E-state index contributed by atoms with van der Waals surface area (Å²) in [6.07, 6.45) is 1.80. The zero-order chi connectivity index (χ0) is 83.6. The summed E-state index contributed by atoms with van der Waals surface area (Å²) in [7, 11) is 0. The maximum atomic E-state index is 15.3. The van der Waals surface area contributed by atoms with Gasteiger partial charge < -0.3 is 107 Å². The molecule has 3 aromatic carbocycles. The van der Waals surface area contributed by atoms with Crippen LogP contribution in [0.15, 0.2) is 96.1 Å². The first-order chi connectivity index (χ1) is 54.3. The number of hydrogen-bond donors (Lipinski definition) is 19. The van der Waals surface area contributed by atoms with Gasteiger partial charge in [-0.05, 0) is 137 Å². The Hall–Kier alpha value is -11.1. The maximum absolute atomic E-state index is 15.3. The molecular weight excluding hydrogens is 1470 g/mol. The number of aliphatic hydroxyl groups excluding tert-OH is 1. The van der Waals surface area contributed by atoms with E-state index >= 15 is 9.59 Å². The Labute approximate surface area is 664 Å². The highest BCUT2D eigenvalue weighted by Crippen LogP contribution is 2.24. The molecule has 12 atom stereocenters. The predicted octanol–water partition coefficient (Wildman–Crippen LogP) is -2.03. The molecule has 14 amide bonds. The van der Waals surface area contributed by atoms with Gasteiger partial charge in [-0.1, -0.05) is 120 Å². The number of aliphatic imine (C=N–C) groups is 1. The molecular formula is C79H118N20O15. The first-order valence-corrected chi connectivity index (χ1v) is 39.3. The Kier molecular flexibility index (Phi) is 37.7. The van der Waals surface area contributed by atoms with Gasteiger partial charge in [0.15, 0.2) is 5.96 Å². The summed E-state index contributed by atoms with van der Waals surface area (Å²) < 4.78 is 0. The third-order valence-electron chi connectivity index (χ3n) is 19.6. The van der Waals surface area contributed by atoms with Gasteiger partial charge in [0.1, 0.15) is 66.5 Å². The van der Waals surface area contributed by atoms with Crippen molar-refractivity contribution in [1.29, 1.82) is 0 Å². The van der Waals surface area contributed by atoms with Crippen molar-refractivity contribution in [1.82, 2.24) is 73.7 Å². The molecule has 0 radical (unpaired) electrons. The van der Waals surface area contributed by atoms with Crippen LogP contribution in [0.2, 0.25) is 0 Å². The minimum Gasteiger partial charge on any atom is -0.394 e. The van der Waals surface area contributed by atoms with Crippen LogP contribution >= 0.6 is 0 Å². The number of nitrogens with one attached hydrogen (secondary N) is 13. The molecule has 2 saturated heterocycles. The van der Waals surface area contributed by atoms with E-state index in [9.17, 15) is 62.6 Å². The standard InChI is InChI=1S/C79H118N20O15/c1-45(2)37-58(67(82)103)93-73(109)57-31-32-64(101)85-34-18-16-28-56(90-75(111)61(41-50-42-87-53-26-14-13-25-51(50)53)96-77(113)63-30-20-36-99(63)78(114)66(47(5)6)98-68(104)52(81)39-48-21-9-7-10-22-48)72(108)97-62(44-100)76(112)91-55(27-15-17-33-80)71(107)95-60(40-49-23-11-8-12-24-49)74(110)94-59(38-46(3)4)69(105)88-43-65(102)89-54(70(106)92-57)29-19-35-86-79(83)84/h7-14,21-26,42,45-47,52,54-63,66,87,100H,15-20,27-41,43-44,80-81H2,1-6H3,(H2,82,103)(H,85,101)(H,88,105)(H,89,102)(H,90,111)(H,91,112)(H,92,106)(H,93,109)(H,94,110)(H,95,107)(H,96,113)(H,97,108)(H,98,104)(H4,83,84,86)/t52-,54-,55-,56-,57-,58-,59+,60-,61-,62-,63-,66-/m0/s1. The molecule has 35 nitrogen and oxygen atoms in total. The van der Waals surface area contributed by atoms with Gasteiger partial charge in [-0.15, -0.1) is 0 Å². The fraction of sp³-hybridized carbons (Fsp3) is 0.557.